The van der Waals surface area contributed by atoms with E-state index in [9.17, 15) is 13.2 Å². The standard InChI is InChI=1S/C15H21NO4S/c1-13(2)16(10-6-11-17)15(18)9-12-21(19,20)14-7-4-3-5-8-14/h3-5,7-9,12-13,17H,6,10-11H2,1-2H3/b12-9+. The van der Waals surface area contributed by atoms with Crippen molar-refractivity contribution in [3.05, 3.63) is 41.8 Å². The van der Waals surface area contributed by atoms with Crippen molar-refractivity contribution in [2.24, 2.45) is 0 Å². The first kappa shape index (κ1) is 17.4. The highest BCUT2D eigenvalue weighted by atomic mass is 32.2. The minimum absolute atomic E-state index is 0.0114. The Morgan fingerprint density at radius 1 is 1.29 bits per heavy atom. The maximum Gasteiger partial charge on any atom is 0.247 e. The van der Waals surface area contributed by atoms with Gasteiger partial charge in [-0.1, -0.05) is 18.2 Å². The van der Waals surface area contributed by atoms with Crippen molar-refractivity contribution in [2.45, 2.75) is 31.2 Å². The third-order valence-corrected chi connectivity index (χ3v) is 4.35. The van der Waals surface area contributed by atoms with E-state index in [2.05, 4.69) is 0 Å². The second kappa shape index (κ2) is 7.95. The van der Waals surface area contributed by atoms with Gasteiger partial charge in [0.05, 0.1) is 4.90 Å². The van der Waals surface area contributed by atoms with E-state index >= 15 is 0 Å². The molecule has 6 heteroatoms. The van der Waals surface area contributed by atoms with Gasteiger partial charge in [-0.2, -0.15) is 0 Å². The highest BCUT2D eigenvalue weighted by Crippen LogP contribution is 2.11. The third-order valence-electron chi connectivity index (χ3n) is 2.93. The van der Waals surface area contributed by atoms with Gasteiger partial charge in [-0.05, 0) is 32.4 Å². The van der Waals surface area contributed by atoms with E-state index in [-0.39, 0.29) is 23.5 Å². The highest BCUT2D eigenvalue weighted by Gasteiger charge is 2.16. The number of benzene rings is 1. The van der Waals surface area contributed by atoms with Gasteiger partial charge in [0.1, 0.15) is 0 Å². The van der Waals surface area contributed by atoms with Gasteiger partial charge in [0, 0.05) is 30.7 Å². The summed E-state index contributed by atoms with van der Waals surface area (Å²) in [6, 6.07) is 7.89. The molecule has 1 rings (SSSR count). The molecule has 116 valence electrons. The molecule has 0 radical (unpaired) electrons. The van der Waals surface area contributed by atoms with Crippen LogP contribution in [-0.4, -0.2) is 43.5 Å². The number of hydrogen-bond acceptors (Lipinski definition) is 4. The summed E-state index contributed by atoms with van der Waals surface area (Å²) in [6.07, 6.45) is 1.53. The Morgan fingerprint density at radius 2 is 1.90 bits per heavy atom. The molecular weight excluding hydrogens is 290 g/mol. The zero-order chi connectivity index (χ0) is 15.9. The molecule has 1 aromatic carbocycles. The van der Waals surface area contributed by atoms with Crippen LogP contribution in [0, 0.1) is 0 Å². The largest absolute Gasteiger partial charge is 0.396 e. The van der Waals surface area contributed by atoms with Crippen LogP contribution < -0.4 is 0 Å². The van der Waals surface area contributed by atoms with Crippen LogP contribution in [0.1, 0.15) is 20.3 Å². The molecule has 1 amide bonds. The van der Waals surface area contributed by atoms with Crippen LogP contribution in [-0.2, 0) is 14.6 Å². The van der Waals surface area contributed by atoms with Crippen molar-refractivity contribution in [1.82, 2.24) is 4.90 Å². The molecule has 0 saturated carbocycles. The number of sulfone groups is 1. The number of carbonyl (C=O) groups excluding carboxylic acids is 1. The van der Waals surface area contributed by atoms with E-state index in [0.717, 1.165) is 11.5 Å². The van der Waals surface area contributed by atoms with E-state index in [1.165, 1.54) is 17.0 Å². The van der Waals surface area contributed by atoms with E-state index in [0.29, 0.717) is 13.0 Å². The Kier molecular flexibility index (Phi) is 6.58. The van der Waals surface area contributed by atoms with Gasteiger partial charge in [0.25, 0.3) is 0 Å². The fourth-order valence-electron chi connectivity index (χ4n) is 1.80. The van der Waals surface area contributed by atoms with E-state index in [1.807, 2.05) is 13.8 Å². The number of hydrogen-bond donors (Lipinski definition) is 1. The molecule has 0 saturated heterocycles. The van der Waals surface area contributed by atoms with Crippen LogP contribution in [0.5, 0.6) is 0 Å². The molecule has 0 aliphatic rings. The van der Waals surface area contributed by atoms with Gasteiger partial charge in [-0.15, -0.1) is 0 Å². The lowest BCUT2D eigenvalue weighted by Crippen LogP contribution is -2.37. The van der Waals surface area contributed by atoms with Gasteiger partial charge < -0.3 is 10.0 Å². The molecule has 0 aromatic heterocycles. The summed E-state index contributed by atoms with van der Waals surface area (Å²) in [5, 5.41) is 9.76. The fraction of sp³-hybridized carbons (Fsp3) is 0.400. The lowest BCUT2D eigenvalue weighted by Gasteiger charge is -2.25. The predicted octanol–water partition coefficient (Wildman–Crippen LogP) is 1.59. The summed E-state index contributed by atoms with van der Waals surface area (Å²) in [7, 11) is -3.61. The van der Waals surface area contributed by atoms with Crippen LogP contribution in [0.4, 0.5) is 0 Å². The number of aliphatic hydroxyl groups is 1. The Labute approximate surface area is 125 Å². The predicted molar refractivity (Wildman–Crippen MR) is 81.3 cm³/mol. The molecular formula is C15H21NO4S. The maximum absolute atomic E-state index is 12.1. The molecule has 0 atom stereocenters. The van der Waals surface area contributed by atoms with Crippen molar-refractivity contribution < 1.29 is 18.3 Å². The Balaban J connectivity index is 2.85. The zero-order valence-corrected chi connectivity index (χ0v) is 13.1. The molecule has 0 aliphatic carbocycles. The third kappa shape index (κ3) is 5.32. The molecule has 0 fully saturated rings. The molecule has 0 spiro atoms. The van der Waals surface area contributed by atoms with Gasteiger partial charge in [0.15, 0.2) is 9.84 Å². The molecule has 21 heavy (non-hydrogen) atoms. The minimum atomic E-state index is -3.61. The molecule has 0 aliphatic heterocycles. The Bertz CT molecular complexity index is 579. The second-order valence-corrected chi connectivity index (χ2v) is 6.70. The highest BCUT2D eigenvalue weighted by molar-refractivity contribution is 7.94. The molecule has 0 bridgehead atoms. The molecule has 0 unspecified atom stereocenters. The van der Waals surface area contributed by atoms with Crippen molar-refractivity contribution >= 4 is 15.7 Å². The summed E-state index contributed by atoms with van der Waals surface area (Å²) in [5.41, 5.74) is 0. The average Bonchev–Trinajstić information content (AvgIpc) is 2.46. The minimum Gasteiger partial charge on any atom is -0.396 e. The van der Waals surface area contributed by atoms with Crippen molar-refractivity contribution in [3.8, 4) is 0 Å². The Hall–Kier alpha value is -1.66. The van der Waals surface area contributed by atoms with Crippen molar-refractivity contribution in [1.29, 1.82) is 0 Å². The monoisotopic (exact) mass is 311 g/mol. The summed E-state index contributed by atoms with van der Waals surface area (Å²) in [5.74, 6) is -0.377. The first-order chi connectivity index (χ1) is 9.88. The molecule has 1 aromatic rings. The number of rotatable bonds is 7. The first-order valence-corrected chi connectivity index (χ1v) is 8.33. The van der Waals surface area contributed by atoms with Crippen LogP contribution in [0.25, 0.3) is 0 Å². The van der Waals surface area contributed by atoms with Crippen LogP contribution in [0.2, 0.25) is 0 Å². The zero-order valence-electron chi connectivity index (χ0n) is 12.3. The van der Waals surface area contributed by atoms with E-state index in [4.69, 9.17) is 5.11 Å². The van der Waals surface area contributed by atoms with Crippen LogP contribution >= 0.6 is 0 Å². The first-order valence-electron chi connectivity index (χ1n) is 6.78. The van der Waals surface area contributed by atoms with E-state index < -0.39 is 9.84 Å². The number of aliphatic hydroxyl groups excluding tert-OH is 1. The van der Waals surface area contributed by atoms with Gasteiger partial charge >= 0.3 is 0 Å². The molecule has 0 heterocycles. The maximum atomic E-state index is 12.1. The average molecular weight is 311 g/mol. The fourth-order valence-corrected chi connectivity index (χ4v) is 2.79. The topological polar surface area (TPSA) is 74.7 Å². The Morgan fingerprint density at radius 3 is 2.43 bits per heavy atom. The second-order valence-electron chi connectivity index (χ2n) is 4.86. The lowest BCUT2D eigenvalue weighted by molar-refractivity contribution is -0.127. The smallest absolute Gasteiger partial charge is 0.247 e. The number of nitrogens with zero attached hydrogens (tertiary/aromatic N) is 1. The molecule has 5 nitrogen and oxygen atoms in total. The van der Waals surface area contributed by atoms with Crippen molar-refractivity contribution in [2.75, 3.05) is 13.2 Å². The van der Waals surface area contributed by atoms with Gasteiger partial charge in [0.2, 0.25) is 5.91 Å². The van der Waals surface area contributed by atoms with Gasteiger partial charge in [-0.3, -0.25) is 4.79 Å². The summed E-state index contributed by atoms with van der Waals surface area (Å²) in [4.78, 5) is 13.7. The normalized spacial score (nSPS) is 12.0. The van der Waals surface area contributed by atoms with Crippen molar-refractivity contribution in [3.63, 3.8) is 0 Å². The molecule has 1 N–H and O–H groups in total. The van der Waals surface area contributed by atoms with Crippen LogP contribution in [0.15, 0.2) is 46.7 Å². The SMILES string of the molecule is CC(C)N(CCCO)C(=O)/C=C/S(=O)(=O)c1ccccc1. The van der Waals surface area contributed by atoms with Gasteiger partial charge in [-0.25, -0.2) is 8.42 Å². The summed E-state index contributed by atoms with van der Waals surface area (Å²) in [6.45, 7) is 4.06. The summed E-state index contributed by atoms with van der Waals surface area (Å²) < 4.78 is 24.1. The lowest BCUT2D eigenvalue weighted by atomic mass is 10.3. The number of carbonyl (C=O) groups is 1. The van der Waals surface area contributed by atoms with E-state index in [1.54, 1.807) is 18.2 Å². The number of amides is 1. The summed E-state index contributed by atoms with van der Waals surface area (Å²) >= 11 is 0. The quantitative estimate of drug-likeness (QED) is 0.776. The van der Waals surface area contributed by atoms with Crippen LogP contribution in [0.3, 0.4) is 0 Å².